The van der Waals surface area contributed by atoms with Crippen molar-refractivity contribution in [1.29, 1.82) is 0 Å². The molecule has 0 saturated carbocycles. The van der Waals surface area contributed by atoms with Gasteiger partial charge >= 0.3 is 5.97 Å². The van der Waals surface area contributed by atoms with Crippen molar-refractivity contribution < 1.29 is 14.5 Å². The van der Waals surface area contributed by atoms with Crippen LogP contribution in [-0.2, 0) is 0 Å². The van der Waals surface area contributed by atoms with E-state index in [4.69, 9.17) is 0 Å². The molecule has 0 aliphatic heterocycles. The van der Waals surface area contributed by atoms with Crippen LogP contribution in [0.1, 0.15) is 47.8 Å². The number of carbonyl (C=O) groups is 1. The lowest BCUT2D eigenvalue weighted by Gasteiger charge is -2.21. The number of allylic oxidation sites excluding steroid dienone is 5. The minimum atomic E-state index is -0.885. The van der Waals surface area contributed by atoms with Crippen molar-refractivity contribution in [3.8, 4) is 0 Å². The molecule has 0 bridgehead atoms. The monoisotopic (exact) mass is 435 g/mol. The third-order valence-corrected chi connectivity index (χ3v) is 6.72. The van der Waals surface area contributed by atoms with Gasteiger partial charge in [-0.15, -0.1) is 11.3 Å². The normalized spacial score (nSPS) is 12.9. The molecule has 0 spiro atoms. The zero-order chi connectivity index (χ0) is 22.4. The third-order valence-electron chi connectivity index (χ3n) is 5.63. The second-order valence-electron chi connectivity index (χ2n) is 7.28. The highest BCUT2D eigenvalue weighted by Crippen LogP contribution is 2.35. The first-order valence-corrected chi connectivity index (χ1v) is 11.7. The summed E-state index contributed by atoms with van der Waals surface area (Å²) in [6.07, 6.45) is 8.58. The lowest BCUT2D eigenvalue weighted by Crippen LogP contribution is -2.21. The number of nitrogens with zero attached hydrogens (tertiary/aromatic N) is 2. The van der Waals surface area contributed by atoms with Gasteiger partial charge < -0.3 is 10.0 Å². The SMILES string of the molecule is CCN(CC)c1ccc(C(=C2C=CC(=[N+](CC)CC)C=C2)c2ccc(C(=O)O)s2)cc1. The van der Waals surface area contributed by atoms with Crippen molar-refractivity contribution in [2.75, 3.05) is 31.1 Å². The smallest absolute Gasteiger partial charge is 0.345 e. The first-order valence-electron chi connectivity index (χ1n) is 10.9. The molecule has 0 atom stereocenters. The minimum Gasteiger partial charge on any atom is -0.477 e. The van der Waals surface area contributed by atoms with Crippen LogP contribution in [0.15, 0.2) is 66.3 Å². The summed E-state index contributed by atoms with van der Waals surface area (Å²) in [5, 5.41) is 9.41. The fraction of sp³-hybridized carbons (Fsp3) is 0.308. The average Bonchev–Trinajstić information content (AvgIpc) is 3.28. The van der Waals surface area contributed by atoms with Crippen molar-refractivity contribution in [2.45, 2.75) is 27.7 Å². The summed E-state index contributed by atoms with van der Waals surface area (Å²) < 4.78 is 2.32. The fourth-order valence-corrected chi connectivity index (χ4v) is 4.83. The predicted molar refractivity (Wildman–Crippen MR) is 132 cm³/mol. The lowest BCUT2D eigenvalue weighted by molar-refractivity contribution is -0.519. The largest absolute Gasteiger partial charge is 0.477 e. The third kappa shape index (κ3) is 5.05. The number of hydrogen-bond donors (Lipinski definition) is 1. The first-order chi connectivity index (χ1) is 15.0. The molecule has 0 fully saturated rings. The van der Waals surface area contributed by atoms with Gasteiger partial charge in [-0.05, 0) is 75.2 Å². The van der Waals surface area contributed by atoms with Gasteiger partial charge in [-0.25, -0.2) is 9.37 Å². The zero-order valence-electron chi connectivity index (χ0n) is 18.8. The number of aromatic carboxylic acids is 1. The van der Waals surface area contributed by atoms with Gasteiger partial charge in [-0.1, -0.05) is 12.1 Å². The number of benzene rings is 1. The Morgan fingerprint density at radius 3 is 1.94 bits per heavy atom. The van der Waals surface area contributed by atoms with E-state index in [0.29, 0.717) is 4.88 Å². The van der Waals surface area contributed by atoms with Gasteiger partial charge in [0, 0.05) is 41.4 Å². The lowest BCUT2D eigenvalue weighted by atomic mass is 9.95. The molecule has 0 unspecified atom stereocenters. The summed E-state index contributed by atoms with van der Waals surface area (Å²) in [5.41, 5.74) is 5.63. The minimum absolute atomic E-state index is 0.354. The highest BCUT2D eigenvalue weighted by molar-refractivity contribution is 7.15. The molecule has 162 valence electrons. The van der Waals surface area contributed by atoms with Crippen LogP contribution in [0.4, 0.5) is 5.69 Å². The molecule has 1 aliphatic rings. The summed E-state index contributed by atoms with van der Waals surface area (Å²) in [5.74, 6) is -0.885. The number of thiophene rings is 1. The molecule has 2 aromatic rings. The summed E-state index contributed by atoms with van der Waals surface area (Å²) in [6, 6.07) is 12.2. The van der Waals surface area contributed by atoms with E-state index in [2.05, 4.69) is 85.7 Å². The Labute approximate surface area is 189 Å². The van der Waals surface area contributed by atoms with Crippen molar-refractivity contribution in [3.05, 3.63) is 81.6 Å². The predicted octanol–water partition coefficient (Wildman–Crippen LogP) is 5.71. The standard InChI is InChI=1S/C26H30N2O2S/c1-5-27(6-2)21-13-9-19(10-14-21)25(23-17-18-24(31-23)26(29)30)20-11-15-22(16-12-20)28(7-3)8-4/h9-18H,5-8H2,1-4H3/p+1. The molecule has 0 saturated heterocycles. The van der Waals surface area contributed by atoms with E-state index in [1.807, 2.05) is 6.07 Å². The van der Waals surface area contributed by atoms with Crippen LogP contribution in [0, 0.1) is 0 Å². The van der Waals surface area contributed by atoms with Gasteiger partial charge in [0.2, 0.25) is 0 Å². The Balaban J connectivity index is 2.10. The van der Waals surface area contributed by atoms with Crippen molar-refractivity contribution in [2.24, 2.45) is 0 Å². The van der Waals surface area contributed by atoms with E-state index in [1.54, 1.807) is 6.07 Å². The first kappa shape index (κ1) is 22.8. The number of hydrogen-bond acceptors (Lipinski definition) is 3. The van der Waals surface area contributed by atoms with Crippen LogP contribution < -0.4 is 4.90 Å². The van der Waals surface area contributed by atoms with Gasteiger partial charge in [-0.3, -0.25) is 0 Å². The van der Waals surface area contributed by atoms with Gasteiger partial charge in [-0.2, -0.15) is 0 Å². The van der Waals surface area contributed by atoms with E-state index in [9.17, 15) is 9.90 Å². The Hall–Kier alpha value is -2.92. The number of rotatable bonds is 8. The Kier molecular flexibility index (Phi) is 7.64. The summed E-state index contributed by atoms with van der Waals surface area (Å²) in [6.45, 7) is 12.5. The van der Waals surface area contributed by atoms with E-state index < -0.39 is 5.97 Å². The molecule has 4 nitrogen and oxygen atoms in total. The highest BCUT2D eigenvalue weighted by atomic mass is 32.1. The maximum Gasteiger partial charge on any atom is 0.345 e. The zero-order valence-corrected chi connectivity index (χ0v) is 19.6. The van der Waals surface area contributed by atoms with Crippen LogP contribution in [0.3, 0.4) is 0 Å². The van der Waals surface area contributed by atoms with Crippen LogP contribution >= 0.6 is 11.3 Å². The van der Waals surface area contributed by atoms with Crippen LogP contribution in [0.5, 0.6) is 0 Å². The maximum atomic E-state index is 11.5. The Morgan fingerprint density at radius 2 is 1.45 bits per heavy atom. The Morgan fingerprint density at radius 1 is 0.871 bits per heavy atom. The number of carboxylic acids is 1. The van der Waals surface area contributed by atoms with E-state index >= 15 is 0 Å². The second kappa shape index (κ2) is 10.4. The van der Waals surface area contributed by atoms with Crippen LogP contribution in [0.2, 0.25) is 0 Å². The molecule has 0 radical (unpaired) electrons. The molecular weight excluding hydrogens is 404 g/mol. The van der Waals surface area contributed by atoms with E-state index in [1.165, 1.54) is 22.7 Å². The Bertz CT molecular complexity index is 1030. The molecule has 31 heavy (non-hydrogen) atoms. The molecule has 5 heteroatoms. The highest BCUT2D eigenvalue weighted by Gasteiger charge is 2.17. The molecular formula is C26H31N2O2S+. The molecule has 1 aromatic carbocycles. The summed E-state index contributed by atoms with van der Waals surface area (Å²) in [7, 11) is 0. The molecule has 1 aromatic heterocycles. The van der Waals surface area contributed by atoms with Gasteiger partial charge in [0.1, 0.15) is 18.0 Å². The van der Waals surface area contributed by atoms with E-state index in [0.717, 1.165) is 47.8 Å². The van der Waals surface area contributed by atoms with Crippen LogP contribution in [0.25, 0.3) is 5.57 Å². The van der Waals surface area contributed by atoms with Crippen molar-refractivity contribution >= 4 is 34.3 Å². The second-order valence-corrected chi connectivity index (χ2v) is 8.37. The summed E-state index contributed by atoms with van der Waals surface area (Å²) in [4.78, 5) is 15.1. The average molecular weight is 436 g/mol. The van der Waals surface area contributed by atoms with E-state index in [-0.39, 0.29) is 0 Å². The topological polar surface area (TPSA) is 43.5 Å². The van der Waals surface area contributed by atoms with Crippen LogP contribution in [-0.4, -0.2) is 47.5 Å². The van der Waals surface area contributed by atoms with Gasteiger partial charge in [0.25, 0.3) is 0 Å². The molecule has 3 rings (SSSR count). The quantitative estimate of drug-likeness (QED) is 0.540. The molecule has 0 amide bonds. The van der Waals surface area contributed by atoms with Gasteiger partial charge in [0.05, 0.1) is 0 Å². The summed E-state index contributed by atoms with van der Waals surface area (Å²) >= 11 is 1.32. The van der Waals surface area contributed by atoms with Crippen molar-refractivity contribution in [3.63, 3.8) is 0 Å². The fourth-order valence-electron chi connectivity index (χ4n) is 3.89. The maximum absolute atomic E-state index is 11.5. The van der Waals surface area contributed by atoms with Crippen molar-refractivity contribution in [1.82, 2.24) is 0 Å². The van der Waals surface area contributed by atoms with Gasteiger partial charge in [0.15, 0.2) is 5.71 Å². The molecule has 1 heterocycles. The number of anilines is 1. The molecule has 1 aliphatic carbocycles. The number of carboxylic acid groups (broad SMARTS) is 1. The molecule has 1 N–H and O–H groups in total.